The Kier molecular flexibility index (Phi) is 7.05. The largest absolute Gasteiger partial charge is 0.462 e. The summed E-state index contributed by atoms with van der Waals surface area (Å²) in [7, 11) is 0. The van der Waals surface area contributed by atoms with Gasteiger partial charge in [0.2, 0.25) is 6.29 Å². The van der Waals surface area contributed by atoms with Gasteiger partial charge in [0.1, 0.15) is 13.2 Å². The number of carbonyl (C=O) groups excluding carboxylic acids is 2. The van der Waals surface area contributed by atoms with Gasteiger partial charge in [-0.2, -0.15) is 0 Å². The molecule has 0 aromatic rings. The van der Waals surface area contributed by atoms with Crippen LogP contribution >= 0.6 is 0 Å². The normalized spacial score (nSPS) is 20.3. The number of rotatable bonds is 5. The summed E-state index contributed by atoms with van der Waals surface area (Å²) in [5.74, 6) is -1.05. The summed E-state index contributed by atoms with van der Waals surface area (Å²) >= 11 is 0. The fourth-order valence-electron chi connectivity index (χ4n) is 1.32. The summed E-state index contributed by atoms with van der Waals surface area (Å²) in [5, 5.41) is 0. The molecule has 1 rings (SSSR count). The standard InChI is InChI=1S/C12H18O6/c1-2-10(13)16-8-5-11(14)18-12-9-15-6-3-4-7-17-12/h2,12H,1,3-9H2. The van der Waals surface area contributed by atoms with Crippen LogP contribution in [-0.2, 0) is 28.5 Å². The number of hydrogen-bond donors (Lipinski definition) is 0. The summed E-state index contributed by atoms with van der Waals surface area (Å²) < 4.78 is 20.3. The Hall–Kier alpha value is -1.40. The molecule has 1 saturated heterocycles. The van der Waals surface area contributed by atoms with Crippen molar-refractivity contribution in [2.45, 2.75) is 25.6 Å². The molecule has 1 heterocycles. The molecule has 1 atom stereocenters. The second-order valence-corrected chi connectivity index (χ2v) is 3.69. The molecule has 102 valence electrons. The zero-order chi connectivity index (χ0) is 13.2. The highest BCUT2D eigenvalue weighted by Crippen LogP contribution is 2.05. The average Bonchev–Trinajstić information content (AvgIpc) is 2.32. The van der Waals surface area contributed by atoms with E-state index in [2.05, 4.69) is 11.3 Å². The topological polar surface area (TPSA) is 71.1 Å². The highest BCUT2D eigenvalue weighted by Gasteiger charge is 2.17. The number of esters is 2. The van der Waals surface area contributed by atoms with Crippen molar-refractivity contribution in [3.05, 3.63) is 12.7 Å². The number of carbonyl (C=O) groups is 2. The molecule has 1 unspecified atom stereocenters. The van der Waals surface area contributed by atoms with E-state index in [1.165, 1.54) is 0 Å². The van der Waals surface area contributed by atoms with Crippen LogP contribution in [0.2, 0.25) is 0 Å². The third-order valence-electron chi connectivity index (χ3n) is 2.22. The molecule has 6 nitrogen and oxygen atoms in total. The minimum atomic E-state index is -0.673. The van der Waals surface area contributed by atoms with Gasteiger partial charge < -0.3 is 18.9 Å². The SMILES string of the molecule is C=CC(=O)OCCC(=O)OC1COCCCCO1. The maximum atomic E-state index is 11.4. The molecule has 0 N–H and O–H groups in total. The van der Waals surface area contributed by atoms with Crippen molar-refractivity contribution in [3.8, 4) is 0 Å². The van der Waals surface area contributed by atoms with Gasteiger partial charge in [-0.1, -0.05) is 6.58 Å². The van der Waals surface area contributed by atoms with Gasteiger partial charge in [0.05, 0.1) is 13.0 Å². The zero-order valence-corrected chi connectivity index (χ0v) is 10.3. The predicted molar refractivity (Wildman–Crippen MR) is 61.7 cm³/mol. The van der Waals surface area contributed by atoms with E-state index >= 15 is 0 Å². The van der Waals surface area contributed by atoms with E-state index in [1.807, 2.05) is 0 Å². The van der Waals surface area contributed by atoms with Crippen LogP contribution < -0.4 is 0 Å². The van der Waals surface area contributed by atoms with E-state index in [9.17, 15) is 9.59 Å². The van der Waals surface area contributed by atoms with E-state index in [-0.39, 0.29) is 19.6 Å². The molecule has 0 saturated carbocycles. The van der Waals surface area contributed by atoms with Crippen LogP contribution in [-0.4, -0.2) is 44.7 Å². The number of ether oxygens (including phenoxy) is 4. The second-order valence-electron chi connectivity index (χ2n) is 3.69. The van der Waals surface area contributed by atoms with Crippen molar-refractivity contribution >= 4 is 11.9 Å². The first-order valence-corrected chi connectivity index (χ1v) is 5.90. The maximum Gasteiger partial charge on any atom is 0.330 e. The van der Waals surface area contributed by atoms with Gasteiger partial charge in [0, 0.05) is 12.7 Å². The van der Waals surface area contributed by atoms with E-state index in [4.69, 9.17) is 14.2 Å². The monoisotopic (exact) mass is 258 g/mol. The lowest BCUT2D eigenvalue weighted by molar-refractivity contribution is -0.196. The van der Waals surface area contributed by atoms with E-state index in [0.29, 0.717) is 13.2 Å². The molecular weight excluding hydrogens is 240 g/mol. The minimum Gasteiger partial charge on any atom is -0.462 e. The van der Waals surface area contributed by atoms with Crippen LogP contribution in [0.5, 0.6) is 0 Å². The molecule has 18 heavy (non-hydrogen) atoms. The smallest absolute Gasteiger partial charge is 0.330 e. The Labute approximate surface area is 106 Å². The zero-order valence-electron chi connectivity index (χ0n) is 10.3. The highest BCUT2D eigenvalue weighted by atomic mass is 16.7. The lowest BCUT2D eigenvalue weighted by Crippen LogP contribution is -2.29. The Balaban J connectivity index is 2.17. The molecule has 0 aliphatic carbocycles. The summed E-state index contributed by atoms with van der Waals surface area (Å²) in [6, 6.07) is 0. The first-order chi connectivity index (χ1) is 8.72. The molecule has 1 fully saturated rings. The van der Waals surface area contributed by atoms with Gasteiger partial charge in [-0.25, -0.2) is 4.79 Å². The van der Waals surface area contributed by atoms with Crippen molar-refractivity contribution in [3.63, 3.8) is 0 Å². The Morgan fingerprint density at radius 2 is 2.11 bits per heavy atom. The van der Waals surface area contributed by atoms with Crippen molar-refractivity contribution in [2.75, 3.05) is 26.4 Å². The quantitative estimate of drug-likeness (QED) is 0.536. The third kappa shape index (κ3) is 6.36. The van der Waals surface area contributed by atoms with Crippen LogP contribution in [0.4, 0.5) is 0 Å². The molecule has 6 heteroatoms. The Morgan fingerprint density at radius 1 is 1.33 bits per heavy atom. The van der Waals surface area contributed by atoms with E-state index in [0.717, 1.165) is 18.9 Å². The van der Waals surface area contributed by atoms with Gasteiger partial charge in [0.25, 0.3) is 0 Å². The molecule has 0 bridgehead atoms. The van der Waals surface area contributed by atoms with Gasteiger partial charge in [-0.15, -0.1) is 0 Å². The van der Waals surface area contributed by atoms with E-state index < -0.39 is 18.2 Å². The van der Waals surface area contributed by atoms with Crippen LogP contribution in [0.15, 0.2) is 12.7 Å². The molecule has 0 amide bonds. The molecule has 0 radical (unpaired) electrons. The van der Waals surface area contributed by atoms with Crippen LogP contribution in [0.25, 0.3) is 0 Å². The Morgan fingerprint density at radius 3 is 2.89 bits per heavy atom. The molecular formula is C12H18O6. The molecule has 0 spiro atoms. The average molecular weight is 258 g/mol. The predicted octanol–water partition coefficient (Wildman–Crippen LogP) is 0.802. The summed E-state index contributed by atoms with van der Waals surface area (Å²) in [6.07, 6.45) is 2.17. The maximum absolute atomic E-state index is 11.4. The summed E-state index contributed by atoms with van der Waals surface area (Å²) in [4.78, 5) is 22.1. The molecule has 0 aromatic carbocycles. The van der Waals surface area contributed by atoms with Crippen molar-refractivity contribution in [1.82, 2.24) is 0 Å². The van der Waals surface area contributed by atoms with Crippen LogP contribution in [0.3, 0.4) is 0 Å². The number of hydrogen-bond acceptors (Lipinski definition) is 6. The van der Waals surface area contributed by atoms with Crippen LogP contribution in [0, 0.1) is 0 Å². The van der Waals surface area contributed by atoms with Crippen molar-refractivity contribution in [2.24, 2.45) is 0 Å². The van der Waals surface area contributed by atoms with Gasteiger partial charge in [0.15, 0.2) is 0 Å². The Bertz CT molecular complexity index is 280. The lowest BCUT2D eigenvalue weighted by atomic mass is 10.3. The molecule has 1 aliphatic rings. The van der Waals surface area contributed by atoms with Crippen LogP contribution in [0.1, 0.15) is 19.3 Å². The van der Waals surface area contributed by atoms with Crippen molar-refractivity contribution in [1.29, 1.82) is 0 Å². The van der Waals surface area contributed by atoms with Crippen molar-refractivity contribution < 1.29 is 28.5 Å². The van der Waals surface area contributed by atoms with Gasteiger partial charge in [-0.3, -0.25) is 4.79 Å². The summed E-state index contributed by atoms with van der Waals surface area (Å²) in [5.41, 5.74) is 0. The minimum absolute atomic E-state index is 0.0144. The molecule has 1 aliphatic heterocycles. The molecule has 0 aromatic heterocycles. The van der Waals surface area contributed by atoms with Gasteiger partial charge in [-0.05, 0) is 12.8 Å². The van der Waals surface area contributed by atoms with Gasteiger partial charge >= 0.3 is 11.9 Å². The first kappa shape index (κ1) is 14.7. The fourth-order valence-corrected chi connectivity index (χ4v) is 1.32. The second kappa shape index (κ2) is 8.66. The fraction of sp³-hybridized carbons (Fsp3) is 0.667. The highest BCUT2D eigenvalue weighted by molar-refractivity contribution is 5.81. The summed E-state index contributed by atoms with van der Waals surface area (Å²) in [6.45, 7) is 4.64. The lowest BCUT2D eigenvalue weighted by Gasteiger charge is -2.20. The van der Waals surface area contributed by atoms with E-state index in [1.54, 1.807) is 0 Å². The third-order valence-corrected chi connectivity index (χ3v) is 2.22. The first-order valence-electron chi connectivity index (χ1n) is 5.90.